The van der Waals surface area contributed by atoms with Crippen molar-refractivity contribution in [3.8, 4) is 0 Å². The van der Waals surface area contributed by atoms with Crippen LogP contribution in [0.2, 0.25) is 0 Å². The fraction of sp³-hybridized carbons (Fsp3) is 0.150. The second kappa shape index (κ2) is 6.53. The second-order valence-electron chi connectivity index (χ2n) is 5.33. The van der Waals surface area contributed by atoms with Gasteiger partial charge in [0.2, 0.25) is 0 Å². The minimum absolute atomic E-state index is 0.344. The Bertz CT molecular complexity index is 857. The third-order valence-corrected chi connectivity index (χ3v) is 3.57. The predicted molar refractivity (Wildman–Crippen MR) is 91.1 cm³/mol. The molecule has 0 amide bonds. The molecule has 0 unspecified atom stereocenters. The van der Waals surface area contributed by atoms with Crippen molar-refractivity contribution in [2.75, 3.05) is 6.61 Å². The summed E-state index contributed by atoms with van der Waals surface area (Å²) in [4.78, 5) is 11.9. The average Bonchev–Trinajstić information content (AvgIpc) is 2.96. The maximum atomic E-state index is 11.9. The summed E-state index contributed by atoms with van der Waals surface area (Å²) in [5.74, 6) is 0.285. The molecule has 0 saturated heterocycles. The van der Waals surface area contributed by atoms with Crippen molar-refractivity contribution in [1.82, 2.24) is 0 Å². The number of carbonyl (C=O) groups excluding carboxylic acids is 1. The Morgan fingerprint density at radius 3 is 2.65 bits per heavy atom. The summed E-state index contributed by atoms with van der Waals surface area (Å²) in [5.41, 5.74) is 3.60. The van der Waals surface area contributed by atoms with Crippen molar-refractivity contribution < 1.29 is 13.9 Å². The number of ether oxygens (including phenoxy) is 1. The second-order valence-corrected chi connectivity index (χ2v) is 5.33. The molecule has 3 rings (SSSR count). The van der Waals surface area contributed by atoms with Gasteiger partial charge in [-0.15, -0.1) is 0 Å². The number of fused-ring (bicyclic) bond motifs is 1. The first-order valence-corrected chi connectivity index (χ1v) is 7.62. The van der Waals surface area contributed by atoms with E-state index in [4.69, 9.17) is 9.15 Å². The van der Waals surface area contributed by atoms with Gasteiger partial charge in [-0.2, -0.15) is 0 Å². The van der Waals surface area contributed by atoms with Gasteiger partial charge in [0.1, 0.15) is 11.3 Å². The highest BCUT2D eigenvalue weighted by Gasteiger charge is 2.13. The number of esters is 1. The van der Waals surface area contributed by atoms with Gasteiger partial charge in [0.15, 0.2) is 0 Å². The summed E-state index contributed by atoms with van der Waals surface area (Å²) in [5, 5.41) is 1.02. The summed E-state index contributed by atoms with van der Waals surface area (Å²) in [6, 6.07) is 17.7. The van der Waals surface area contributed by atoms with Crippen LogP contribution >= 0.6 is 0 Å². The summed E-state index contributed by atoms with van der Waals surface area (Å²) in [6.07, 6.45) is 1.49. The third-order valence-electron chi connectivity index (χ3n) is 3.57. The van der Waals surface area contributed by atoms with Gasteiger partial charge >= 0.3 is 5.97 Å². The third kappa shape index (κ3) is 3.34. The molecule has 3 heteroatoms. The molecule has 3 nitrogen and oxygen atoms in total. The van der Waals surface area contributed by atoms with E-state index in [1.165, 1.54) is 11.6 Å². The molecule has 0 atom stereocenters. The largest absolute Gasteiger partial charge is 0.463 e. The van der Waals surface area contributed by atoms with Crippen molar-refractivity contribution in [3.05, 3.63) is 77.6 Å². The van der Waals surface area contributed by atoms with Gasteiger partial charge in [-0.25, -0.2) is 4.79 Å². The summed E-state index contributed by atoms with van der Waals surface area (Å²) >= 11 is 0. The first-order valence-electron chi connectivity index (χ1n) is 7.62. The van der Waals surface area contributed by atoms with E-state index in [0.717, 1.165) is 22.1 Å². The van der Waals surface area contributed by atoms with Crippen LogP contribution < -0.4 is 0 Å². The van der Waals surface area contributed by atoms with E-state index in [1.54, 1.807) is 6.92 Å². The molecule has 1 heterocycles. The maximum absolute atomic E-state index is 11.9. The fourth-order valence-corrected chi connectivity index (χ4v) is 2.51. The van der Waals surface area contributed by atoms with Gasteiger partial charge in [-0.1, -0.05) is 42.0 Å². The normalized spacial score (nSPS) is 11.7. The molecule has 0 aliphatic rings. The van der Waals surface area contributed by atoms with E-state index in [9.17, 15) is 4.79 Å². The van der Waals surface area contributed by atoms with Crippen molar-refractivity contribution in [2.45, 2.75) is 13.8 Å². The molecule has 2 aromatic carbocycles. The molecule has 0 bridgehead atoms. The Hall–Kier alpha value is -2.81. The number of carbonyl (C=O) groups is 1. The van der Waals surface area contributed by atoms with Crippen LogP contribution in [0, 0.1) is 6.92 Å². The van der Waals surface area contributed by atoms with Gasteiger partial charge < -0.3 is 9.15 Å². The maximum Gasteiger partial charge on any atom is 0.331 e. The van der Waals surface area contributed by atoms with Crippen LogP contribution in [0.4, 0.5) is 0 Å². The minimum Gasteiger partial charge on any atom is -0.463 e. The number of benzene rings is 2. The number of rotatable bonds is 4. The van der Waals surface area contributed by atoms with Crippen molar-refractivity contribution in [3.63, 3.8) is 0 Å². The first kappa shape index (κ1) is 15.1. The molecule has 0 aliphatic heterocycles. The standard InChI is InChI=1S/C20H18O3/c1-3-22-20(21)13-17(15-7-5-4-6-8-15)19-12-16-11-14(2)9-10-18(16)23-19/h4-13H,3H2,1-2H3. The van der Waals surface area contributed by atoms with E-state index in [-0.39, 0.29) is 5.97 Å². The van der Waals surface area contributed by atoms with Crippen molar-refractivity contribution in [1.29, 1.82) is 0 Å². The van der Waals surface area contributed by atoms with Crippen LogP contribution in [0.25, 0.3) is 16.5 Å². The lowest BCUT2D eigenvalue weighted by Crippen LogP contribution is -2.01. The Kier molecular flexibility index (Phi) is 4.29. The summed E-state index contributed by atoms with van der Waals surface area (Å²) in [6.45, 7) is 4.17. The Balaban J connectivity index is 2.11. The highest BCUT2D eigenvalue weighted by molar-refractivity contribution is 5.97. The minimum atomic E-state index is -0.372. The number of hydrogen-bond donors (Lipinski definition) is 0. The monoisotopic (exact) mass is 306 g/mol. The molecule has 0 N–H and O–H groups in total. The Morgan fingerprint density at radius 1 is 1.13 bits per heavy atom. The number of hydrogen-bond acceptors (Lipinski definition) is 3. The van der Waals surface area contributed by atoms with E-state index < -0.39 is 0 Å². The molecule has 1 aromatic heterocycles. The lowest BCUT2D eigenvalue weighted by molar-refractivity contribution is -0.137. The lowest BCUT2D eigenvalue weighted by atomic mass is 10.0. The molecular weight excluding hydrogens is 288 g/mol. The zero-order valence-corrected chi connectivity index (χ0v) is 13.2. The van der Waals surface area contributed by atoms with Crippen LogP contribution in [0.3, 0.4) is 0 Å². The zero-order chi connectivity index (χ0) is 16.2. The summed E-state index contributed by atoms with van der Waals surface area (Å²) in [7, 11) is 0. The molecule has 0 fully saturated rings. The topological polar surface area (TPSA) is 39.4 Å². The quantitative estimate of drug-likeness (QED) is 0.516. The molecule has 0 aliphatic carbocycles. The van der Waals surface area contributed by atoms with Gasteiger partial charge in [0.05, 0.1) is 6.61 Å². The number of furan rings is 1. The van der Waals surface area contributed by atoms with Crippen LogP contribution in [0.1, 0.15) is 23.8 Å². The Morgan fingerprint density at radius 2 is 1.91 bits per heavy atom. The molecular formula is C20H18O3. The molecule has 0 spiro atoms. The van der Waals surface area contributed by atoms with Crippen molar-refractivity contribution >= 4 is 22.5 Å². The number of aryl methyl sites for hydroxylation is 1. The average molecular weight is 306 g/mol. The van der Waals surface area contributed by atoms with Crippen LogP contribution in [0.15, 0.2) is 65.1 Å². The van der Waals surface area contributed by atoms with Crippen LogP contribution in [0.5, 0.6) is 0 Å². The highest BCUT2D eigenvalue weighted by atomic mass is 16.5. The SMILES string of the molecule is CCOC(=O)C=C(c1ccccc1)c1cc2cc(C)ccc2o1. The van der Waals surface area contributed by atoms with Crippen LogP contribution in [-0.2, 0) is 9.53 Å². The van der Waals surface area contributed by atoms with Gasteiger partial charge in [0, 0.05) is 17.0 Å². The Labute approximate surface area is 135 Å². The van der Waals surface area contributed by atoms with Gasteiger partial charge in [-0.05, 0) is 37.6 Å². The van der Waals surface area contributed by atoms with E-state index >= 15 is 0 Å². The lowest BCUT2D eigenvalue weighted by Gasteiger charge is -2.05. The smallest absolute Gasteiger partial charge is 0.331 e. The molecule has 0 radical (unpaired) electrons. The summed E-state index contributed by atoms with van der Waals surface area (Å²) < 4.78 is 11.0. The van der Waals surface area contributed by atoms with E-state index in [1.807, 2.05) is 55.5 Å². The molecule has 3 aromatic rings. The molecule has 116 valence electrons. The highest BCUT2D eigenvalue weighted by Crippen LogP contribution is 2.29. The fourth-order valence-electron chi connectivity index (χ4n) is 2.51. The van der Waals surface area contributed by atoms with Crippen molar-refractivity contribution in [2.24, 2.45) is 0 Å². The van der Waals surface area contributed by atoms with Crippen LogP contribution in [-0.4, -0.2) is 12.6 Å². The van der Waals surface area contributed by atoms with Gasteiger partial charge in [-0.3, -0.25) is 0 Å². The first-order chi connectivity index (χ1) is 11.2. The molecule has 0 saturated carbocycles. The van der Waals surface area contributed by atoms with E-state index in [2.05, 4.69) is 6.07 Å². The predicted octanol–water partition coefficient (Wildman–Crippen LogP) is 4.74. The van der Waals surface area contributed by atoms with Gasteiger partial charge in [0.25, 0.3) is 0 Å². The zero-order valence-electron chi connectivity index (χ0n) is 13.2. The molecule has 23 heavy (non-hydrogen) atoms. The van der Waals surface area contributed by atoms with E-state index in [0.29, 0.717) is 12.4 Å².